The molecule has 1 fully saturated rings. The molecule has 0 atom stereocenters. The number of esters is 1. The minimum absolute atomic E-state index is 0.0611. The fourth-order valence-electron chi connectivity index (χ4n) is 4.20. The molecule has 11 heteroatoms. The van der Waals surface area contributed by atoms with Crippen LogP contribution in [0.2, 0.25) is 0 Å². The second-order valence-electron chi connectivity index (χ2n) is 10.2. The summed E-state index contributed by atoms with van der Waals surface area (Å²) in [5.41, 5.74) is 0.369. The lowest BCUT2D eigenvalue weighted by Gasteiger charge is -2.47. The molecule has 0 spiro atoms. The third-order valence-corrected chi connectivity index (χ3v) is 7.49. The zero-order valence-corrected chi connectivity index (χ0v) is 22.8. The van der Waals surface area contributed by atoms with Gasteiger partial charge in [0.05, 0.1) is 30.6 Å². The van der Waals surface area contributed by atoms with Crippen molar-refractivity contribution in [3.63, 3.8) is 0 Å². The molecule has 202 valence electrons. The predicted octanol–water partition coefficient (Wildman–Crippen LogP) is 3.56. The van der Waals surface area contributed by atoms with Gasteiger partial charge in [0, 0.05) is 16.6 Å². The largest absolute Gasteiger partial charge is 0.489 e. The number of benzene rings is 2. The van der Waals surface area contributed by atoms with E-state index in [9.17, 15) is 18.0 Å². The molecule has 0 bridgehead atoms. The van der Waals surface area contributed by atoms with Gasteiger partial charge >= 0.3 is 12.1 Å². The summed E-state index contributed by atoms with van der Waals surface area (Å²) in [6.45, 7) is 6.92. The Morgan fingerprint density at radius 3 is 2.37 bits per heavy atom. The fraction of sp³-hybridized carbons (Fsp3) is 0.370. The van der Waals surface area contributed by atoms with Gasteiger partial charge in [-0.25, -0.2) is 18.0 Å². The number of hydrogen-bond acceptors (Lipinski definition) is 8. The molecule has 10 nitrogen and oxygen atoms in total. The number of rotatable bonds is 7. The third-order valence-electron chi connectivity index (χ3n) is 5.94. The van der Waals surface area contributed by atoms with Gasteiger partial charge in [-0.15, -0.1) is 0 Å². The standard InChI is InChI=1S/C27H31N3O7S/c1-18-14-19(22-8-6-7-9-23(22)28-18)15-36-20-10-12-21(13-11-20)38(33,34)29-27(24(31)35-5)16-30(17-27)25(32)37-26(2,3)4/h6-14,29H,15-17H2,1-5H3. The highest BCUT2D eigenvalue weighted by atomic mass is 32.2. The number of carbonyl (C=O) groups is 2. The molecule has 1 aromatic heterocycles. The first-order valence-electron chi connectivity index (χ1n) is 12.0. The summed E-state index contributed by atoms with van der Waals surface area (Å²) in [6, 6.07) is 15.6. The first-order valence-corrected chi connectivity index (χ1v) is 13.5. The van der Waals surface area contributed by atoms with E-state index < -0.39 is 33.2 Å². The Morgan fingerprint density at radius 1 is 1.08 bits per heavy atom. The van der Waals surface area contributed by atoms with Crippen molar-refractivity contribution in [3.8, 4) is 5.75 Å². The van der Waals surface area contributed by atoms with Crippen LogP contribution in [0.25, 0.3) is 10.9 Å². The lowest BCUT2D eigenvalue weighted by Crippen LogP contribution is -2.75. The van der Waals surface area contributed by atoms with Crippen molar-refractivity contribution in [2.45, 2.75) is 50.3 Å². The molecule has 0 aliphatic carbocycles. The van der Waals surface area contributed by atoms with Crippen LogP contribution in [0.4, 0.5) is 4.79 Å². The molecule has 0 unspecified atom stereocenters. The number of para-hydroxylation sites is 1. The highest BCUT2D eigenvalue weighted by Crippen LogP contribution is 2.28. The van der Waals surface area contributed by atoms with Crippen molar-refractivity contribution >= 4 is 33.0 Å². The first-order chi connectivity index (χ1) is 17.8. The summed E-state index contributed by atoms with van der Waals surface area (Å²) < 4.78 is 44.8. The van der Waals surface area contributed by atoms with Crippen LogP contribution in [-0.2, 0) is 30.9 Å². The summed E-state index contributed by atoms with van der Waals surface area (Å²) in [5, 5.41) is 0.982. The predicted molar refractivity (Wildman–Crippen MR) is 140 cm³/mol. The summed E-state index contributed by atoms with van der Waals surface area (Å²) in [4.78, 5) is 30.6. The molecule has 1 aliphatic rings. The average Bonchev–Trinajstić information content (AvgIpc) is 2.83. The second-order valence-corrected chi connectivity index (χ2v) is 11.9. The van der Waals surface area contributed by atoms with E-state index in [1.165, 1.54) is 17.0 Å². The van der Waals surface area contributed by atoms with Crippen LogP contribution in [0, 0.1) is 6.92 Å². The van der Waals surface area contributed by atoms with Gasteiger partial charge in [0.1, 0.15) is 18.0 Å². The van der Waals surface area contributed by atoms with Crippen LogP contribution >= 0.6 is 0 Å². The van der Waals surface area contributed by atoms with Crippen molar-refractivity contribution in [3.05, 3.63) is 65.9 Å². The quantitative estimate of drug-likeness (QED) is 0.450. The van der Waals surface area contributed by atoms with E-state index in [2.05, 4.69) is 9.71 Å². The van der Waals surface area contributed by atoms with Gasteiger partial charge in [0.25, 0.3) is 0 Å². The molecule has 1 aliphatic heterocycles. The van der Waals surface area contributed by atoms with Gasteiger partial charge in [-0.2, -0.15) is 4.72 Å². The Bertz CT molecular complexity index is 1460. The minimum Gasteiger partial charge on any atom is -0.489 e. The monoisotopic (exact) mass is 541 g/mol. The Kier molecular flexibility index (Phi) is 7.35. The molecule has 0 saturated carbocycles. The number of fused-ring (bicyclic) bond motifs is 1. The van der Waals surface area contributed by atoms with Crippen LogP contribution in [-0.4, -0.2) is 61.7 Å². The number of likely N-dealkylation sites (tertiary alicyclic amines) is 1. The number of sulfonamides is 1. The van der Waals surface area contributed by atoms with Crippen molar-refractivity contribution in [1.29, 1.82) is 0 Å². The topological polar surface area (TPSA) is 124 Å². The van der Waals surface area contributed by atoms with E-state index in [1.807, 2.05) is 37.3 Å². The Labute approximate surface area is 221 Å². The number of aromatic nitrogens is 1. The van der Waals surface area contributed by atoms with Gasteiger partial charge in [0.2, 0.25) is 10.0 Å². The number of nitrogens with zero attached hydrogens (tertiary/aromatic N) is 2. The molecule has 1 saturated heterocycles. The molecular weight excluding hydrogens is 510 g/mol. The maximum atomic E-state index is 13.1. The zero-order valence-electron chi connectivity index (χ0n) is 22.0. The molecule has 4 rings (SSSR count). The van der Waals surface area contributed by atoms with Crippen LogP contribution in [0.15, 0.2) is 59.5 Å². The smallest absolute Gasteiger partial charge is 0.410 e. The number of pyridine rings is 1. The Hall–Kier alpha value is -3.70. The Balaban J connectivity index is 1.45. The molecule has 1 N–H and O–H groups in total. The number of carbonyl (C=O) groups excluding carboxylic acids is 2. The van der Waals surface area contributed by atoms with E-state index in [0.29, 0.717) is 5.75 Å². The summed E-state index contributed by atoms with van der Waals surface area (Å²) in [6.07, 6.45) is -0.644. The molecule has 0 radical (unpaired) electrons. The van der Waals surface area contributed by atoms with E-state index >= 15 is 0 Å². The van der Waals surface area contributed by atoms with Gasteiger partial charge in [-0.3, -0.25) is 4.98 Å². The normalized spacial score (nSPS) is 15.0. The minimum atomic E-state index is -4.13. The van der Waals surface area contributed by atoms with Crippen LogP contribution in [0.3, 0.4) is 0 Å². The summed E-state index contributed by atoms with van der Waals surface area (Å²) in [5.74, 6) is -0.314. The highest BCUT2D eigenvalue weighted by Gasteiger charge is 2.55. The second kappa shape index (κ2) is 10.2. The number of amides is 1. The summed E-state index contributed by atoms with van der Waals surface area (Å²) >= 11 is 0. The third kappa shape index (κ3) is 5.89. The molecule has 2 aromatic carbocycles. The Morgan fingerprint density at radius 2 is 1.74 bits per heavy atom. The maximum absolute atomic E-state index is 13.1. The molecule has 38 heavy (non-hydrogen) atoms. The molecule has 2 heterocycles. The van der Waals surface area contributed by atoms with E-state index in [4.69, 9.17) is 14.2 Å². The van der Waals surface area contributed by atoms with Crippen molar-refractivity contribution in [1.82, 2.24) is 14.6 Å². The number of nitrogens with one attached hydrogen (secondary N) is 1. The number of aryl methyl sites for hydroxylation is 1. The van der Waals surface area contributed by atoms with Crippen LogP contribution < -0.4 is 9.46 Å². The van der Waals surface area contributed by atoms with Gasteiger partial charge in [-0.05, 0) is 64.1 Å². The van der Waals surface area contributed by atoms with E-state index in [0.717, 1.165) is 29.3 Å². The number of hydrogen-bond donors (Lipinski definition) is 1. The first kappa shape index (κ1) is 27.3. The molecular formula is C27H31N3O7S. The SMILES string of the molecule is COC(=O)C1(NS(=O)(=O)c2ccc(OCc3cc(C)nc4ccccc34)cc2)CN(C(=O)OC(C)(C)C)C1. The summed E-state index contributed by atoms with van der Waals surface area (Å²) in [7, 11) is -2.97. The van der Waals surface area contributed by atoms with Crippen molar-refractivity contribution in [2.75, 3.05) is 20.2 Å². The van der Waals surface area contributed by atoms with Gasteiger partial charge in [-0.1, -0.05) is 18.2 Å². The van der Waals surface area contributed by atoms with Gasteiger partial charge in [0.15, 0.2) is 5.54 Å². The van der Waals surface area contributed by atoms with Crippen LogP contribution in [0.1, 0.15) is 32.0 Å². The maximum Gasteiger partial charge on any atom is 0.410 e. The molecule has 1 amide bonds. The van der Waals surface area contributed by atoms with E-state index in [1.54, 1.807) is 32.9 Å². The van der Waals surface area contributed by atoms with Gasteiger partial charge < -0.3 is 19.1 Å². The fourth-order valence-corrected chi connectivity index (χ4v) is 5.54. The van der Waals surface area contributed by atoms with E-state index in [-0.39, 0.29) is 24.6 Å². The molecule has 3 aromatic rings. The number of ether oxygens (including phenoxy) is 3. The highest BCUT2D eigenvalue weighted by molar-refractivity contribution is 7.89. The van der Waals surface area contributed by atoms with Crippen molar-refractivity contribution < 1.29 is 32.2 Å². The lowest BCUT2D eigenvalue weighted by molar-refractivity contribution is -0.154. The average molecular weight is 542 g/mol. The van der Waals surface area contributed by atoms with Crippen LogP contribution in [0.5, 0.6) is 5.75 Å². The number of methoxy groups -OCH3 is 1. The lowest BCUT2D eigenvalue weighted by atomic mass is 9.92. The van der Waals surface area contributed by atoms with Crippen molar-refractivity contribution in [2.24, 2.45) is 0 Å². The zero-order chi connectivity index (χ0) is 27.7.